The molecule has 2 nitrogen and oxygen atoms in total. The molecule has 2 rings (SSSR count). The fraction of sp³-hybridized carbons (Fsp3) is 0.909. The third-order valence-electron chi connectivity index (χ3n) is 11.1. The standard InChI is InChI=1S/C44H82NOP/c1-4-5-6-7-8-9-10-11-12-15-18-21-24-27-30-35-44(43-40-41(43)39-42(46-44)34-33-37-45(2)3)36-31-28-25-22-19-16-13-14-17-20-23-26-29-32-38-47/h11-12,41-43H,4-10,15-40,47H2,1-3H3/b12-11-. The minimum atomic E-state index is 0.200. The van der Waals surface area contributed by atoms with Crippen LogP contribution in [0, 0.1) is 23.7 Å². The maximum absolute atomic E-state index is 7.20. The van der Waals surface area contributed by atoms with Crippen molar-refractivity contribution in [2.45, 2.75) is 218 Å². The molecule has 0 aromatic carbocycles. The van der Waals surface area contributed by atoms with E-state index < -0.39 is 0 Å². The van der Waals surface area contributed by atoms with E-state index in [2.05, 4.69) is 59.2 Å². The van der Waals surface area contributed by atoms with Crippen molar-refractivity contribution in [3.8, 4) is 11.8 Å². The second kappa shape index (κ2) is 29.4. The number of allylic oxidation sites excluding steroid dienone is 2. The van der Waals surface area contributed by atoms with Crippen LogP contribution in [0.5, 0.6) is 0 Å². The van der Waals surface area contributed by atoms with Crippen LogP contribution in [0.25, 0.3) is 0 Å². The third-order valence-corrected chi connectivity index (χ3v) is 11.5. The summed E-state index contributed by atoms with van der Waals surface area (Å²) in [6.07, 6.45) is 48.4. The van der Waals surface area contributed by atoms with Gasteiger partial charge in [0.05, 0.1) is 11.7 Å². The molecule has 1 saturated carbocycles. The lowest BCUT2D eigenvalue weighted by atomic mass is 9.81. The molecule has 0 bridgehead atoms. The van der Waals surface area contributed by atoms with E-state index in [1.807, 2.05) is 0 Å². The SMILES string of the molecule is CCCCCCCC/C=C\CCCCCCCC1(CCCCCCCC#CCCCCCCCP)OC(CCCN(C)C)CC2CC21. The van der Waals surface area contributed by atoms with E-state index >= 15 is 0 Å². The van der Waals surface area contributed by atoms with E-state index in [-0.39, 0.29) is 5.60 Å². The molecule has 0 aromatic rings. The average molecular weight is 672 g/mol. The van der Waals surface area contributed by atoms with Gasteiger partial charge in [0, 0.05) is 12.8 Å². The summed E-state index contributed by atoms with van der Waals surface area (Å²) < 4.78 is 7.20. The molecule has 5 atom stereocenters. The summed E-state index contributed by atoms with van der Waals surface area (Å²) in [4.78, 5) is 2.34. The van der Waals surface area contributed by atoms with Crippen LogP contribution in [0.4, 0.5) is 0 Å². The van der Waals surface area contributed by atoms with Crippen molar-refractivity contribution in [1.82, 2.24) is 4.90 Å². The first kappa shape index (κ1) is 42.8. The molecule has 1 aliphatic heterocycles. The second-order valence-corrected chi connectivity index (χ2v) is 16.4. The van der Waals surface area contributed by atoms with Crippen LogP contribution in [-0.4, -0.2) is 43.4 Å². The van der Waals surface area contributed by atoms with Crippen LogP contribution in [0.2, 0.25) is 0 Å². The first-order valence-electron chi connectivity index (χ1n) is 21.2. The topological polar surface area (TPSA) is 12.5 Å². The van der Waals surface area contributed by atoms with Crippen molar-refractivity contribution < 1.29 is 4.74 Å². The Morgan fingerprint density at radius 3 is 1.70 bits per heavy atom. The highest BCUT2D eigenvalue weighted by molar-refractivity contribution is 7.16. The molecule has 3 heteroatoms. The van der Waals surface area contributed by atoms with E-state index in [1.54, 1.807) is 0 Å². The van der Waals surface area contributed by atoms with E-state index in [0.29, 0.717) is 6.10 Å². The van der Waals surface area contributed by atoms with Crippen LogP contribution in [0.15, 0.2) is 12.2 Å². The van der Waals surface area contributed by atoms with Crippen LogP contribution >= 0.6 is 9.24 Å². The molecule has 0 spiro atoms. The van der Waals surface area contributed by atoms with Gasteiger partial charge in [-0.25, -0.2) is 0 Å². The zero-order valence-electron chi connectivity index (χ0n) is 32.2. The predicted octanol–water partition coefficient (Wildman–Crippen LogP) is 13.5. The van der Waals surface area contributed by atoms with Gasteiger partial charge in [0.1, 0.15) is 0 Å². The lowest BCUT2D eigenvalue weighted by Gasteiger charge is -2.42. The van der Waals surface area contributed by atoms with E-state index in [4.69, 9.17) is 4.74 Å². The van der Waals surface area contributed by atoms with E-state index in [9.17, 15) is 0 Å². The lowest BCUT2D eigenvalue weighted by molar-refractivity contribution is -0.149. The van der Waals surface area contributed by atoms with Crippen molar-refractivity contribution in [3.63, 3.8) is 0 Å². The van der Waals surface area contributed by atoms with Gasteiger partial charge in [0.25, 0.3) is 0 Å². The molecule has 5 unspecified atom stereocenters. The molecule has 1 aliphatic carbocycles. The Morgan fingerprint density at radius 2 is 1.15 bits per heavy atom. The Labute approximate surface area is 298 Å². The summed E-state index contributed by atoms with van der Waals surface area (Å²) in [6, 6.07) is 0. The van der Waals surface area contributed by atoms with Gasteiger partial charge in [-0.05, 0) is 122 Å². The minimum absolute atomic E-state index is 0.200. The van der Waals surface area contributed by atoms with Crippen molar-refractivity contribution in [3.05, 3.63) is 12.2 Å². The molecule has 0 amide bonds. The normalized spacial score (nSPS) is 22.1. The molecule has 47 heavy (non-hydrogen) atoms. The van der Waals surface area contributed by atoms with Crippen molar-refractivity contribution in [1.29, 1.82) is 0 Å². The molecule has 2 fully saturated rings. The Balaban J connectivity index is 1.62. The van der Waals surface area contributed by atoms with E-state index in [0.717, 1.165) is 24.7 Å². The first-order valence-corrected chi connectivity index (χ1v) is 22.1. The largest absolute Gasteiger partial charge is 0.371 e. The lowest BCUT2D eigenvalue weighted by Crippen LogP contribution is -2.43. The minimum Gasteiger partial charge on any atom is -0.371 e. The highest BCUT2D eigenvalue weighted by atomic mass is 31.0. The zero-order chi connectivity index (χ0) is 33.7. The van der Waals surface area contributed by atoms with Gasteiger partial charge >= 0.3 is 0 Å². The predicted molar refractivity (Wildman–Crippen MR) is 213 cm³/mol. The third kappa shape index (κ3) is 22.2. The molecular formula is C44H82NOP. The number of fused-ring (bicyclic) bond motifs is 1. The number of hydrogen-bond donors (Lipinski definition) is 0. The number of rotatable bonds is 32. The fourth-order valence-electron chi connectivity index (χ4n) is 8.11. The van der Waals surface area contributed by atoms with Gasteiger partial charge in [-0.15, -0.1) is 21.1 Å². The summed E-state index contributed by atoms with van der Waals surface area (Å²) in [6.45, 7) is 3.49. The number of unbranched alkanes of at least 4 members (excludes halogenated alkanes) is 21. The Bertz CT molecular complexity index is 798. The maximum Gasteiger partial charge on any atom is 0.0717 e. The van der Waals surface area contributed by atoms with Gasteiger partial charge in [-0.1, -0.05) is 122 Å². The molecule has 274 valence electrons. The summed E-state index contributed by atoms with van der Waals surface area (Å²) in [5.41, 5.74) is 0.200. The summed E-state index contributed by atoms with van der Waals surface area (Å²) in [7, 11) is 7.25. The molecule has 2 aliphatic rings. The van der Waals surface area contributed by atoms with Crippen LogP contribution in [-0.2, 0) is 4.74 Å². The summed E-state index contributed by atoms with van der Waals surface area (Å²) >= 11 is 0. The number of hydrogen-bond acceptors (Lipinski definition) is 2. The molecule has 0 N–H and O–H groups in total. The van der Waals surface area contributed by atoms with Crippen LogP contribution in [0.3, 0.4) is 0 Å². The van der Waals surface area contributed by atoms with Crippen LogP contribution < -0.4 is 0 Å². The zero-order valence-corrected chi connectivity index (χ0v) is 33.3. The van der Waals surface area contributed by atoms with Crippen molar-refractivity contribution >= 4 is 9.24 Å². The van der Waals surface area contributed by atoms with Crippen molar-refractivity contribution in [2.24, 2.45) is 11.8 Å². The Kier molecular flexibility index (Phi) is 26.8. The number of ether oxygens (including phenoxy) is 1. The summed E-state index contributed by atoms with van der Waals surface area (Å²) in [5, 5.41) is 0. The Hall–Kier alpha value is -0.350. The molecule has 1 saturated heterocycles. The summed E-state index contributed by atoms with van der Waals surface area (Å²) in [5.74, 6) is 8.73. The fourth-order valence-corrected chi connectivity index (χ4v) is 8.40. The van der Waals surface area contributed by atoms with Gasteiger partial charge in [0.2, 0.25) is 0 Å². The second-order valence-electron chi connectivity index (χ2n) is 15.9. The maximum atomic E-state index is 7.20. The Morgan fingerprint density at radius 1 is 0.638 bits per heavy atom. The molecule has 1 heterocycles. The van der Waals surface area contributed by atoms with Gasteiger partial charge in [-0.3, -0.25) is 0 Å². The number of nitrogens with zero attached hydrogens (tertiary/aromatic N) is 1. The highest BCUT2D eigenvalue weighted by Gasteiger charge is 2.57. The average Bonchev–Trinajstić information content (AvgIpc) is 3.85. The highest BCUT2D eigenvalue weighted by Crippen LogP contribution is 2.59. The monoisotopic (exact) mass is 672 g/mol. The van der Waals surface area contributed by atoms with Gasteiger partial charge in [0.15, 0.2) is 0 Å². The molecular weight excluding hydrogens is 589 g/mol. The molecule has 0 radical (unpaired) electrons. The van der Waals surface area contributed by atoms with E-state index in [1.165, 1.54) is 199 Å². The van der Waals surface area contributed by atoms with Crippen molar-refractivity contribution in [2.75, 3.05) is 26.8 Å². The first-order chi connectivity index (χ1) is 23.1. The molecule has 0 aromatic heterocycles. The smallest absolute Gasteiger partial charge is 0.0717 e. The quantitative estimate of drug-likeness (QED) is 0.0305. The van der Waals surface area contributed by atoms with Gasteiger partial charge < -0.3 is 9.64 Å². The van der Waals surface area contributed by atoms with Gasteiger partial charge in [-0.2, -0.15) is 0 Å². The van der Waals surface area contributed by atoms with Crippen LogP contribution in [0.1, 0.15) is 206 Å².